The van der Waals surface area contributed by atoms with E-state index in [4.69, 9.17) is 4.42 Å². The van der Waals surface area contributed by atoms with Gasteiger partial charge in [0.1, 0.15) is 0 Å². The minimum atomic E-state index is -0.164. The molecule has 1 aliphatic rings. The second kappa shape index (κ2) is 6.70. The van der Waals surface area contributed by atoms with E-state index in [1.165, 1.54) is 0 Å². The summed E-state index contributed by atoms with van der Waals surface area (Å²) in [5.74, 6) is 0.403. The molecule has 1 fully saturated rings. The van der Waals surface area contributed by atoms with Gasteiger partial charge in [-0.3, -0.25) is 4.79 Å². The summed E-state index contributed by atoms with van der Waals surface area (Å²) in [6, 6.07) is 9.88. The molecule has 116 valence electrons. The Morgan fingerprint density at radius 2 is 1.86 bits per heavy atom. The fourth-order valence-electron chi connectivity index (χ4n) is 2.58. The van der Waals surface area contributed by atoms with Crippen molar-refractivity contribution in [3.05, 3.63) is 47.7 Å². The number of carbonyl (C=O) groups excluding carboxylic acids is 1. The molecule has 0 saturated carbocycles. The number of hydrogen-bond donors (Lipinski definition) is 0. The Labute approximate surface area is 129 Å². The van der Waals surface area contributed by atoms with Crippen molar-refractivity contribution in [2.45, 2.75) is 13.3 Å². The highest BCUT2D eigenvalue weighted by molar-refractivity contribution is 5.89. The number of amides is 1. The topological polar surface area (TPSA) is 62.5 Å². The van der Waals surface area contributed by atoms with Gasteiger partial charge in [-0.05, 0) is 12.1 Å². The Kier molecular flexibility index (Phi) is 4.48. The first-order chi connectivity index (χ1) is 10.8. The van der Waals surface area contributed by atoms with Gasteiger partial charge in [-0.1, -0.05) is 37.3 Å². The zero-order chi connectivity index (χ0) is 15.4. The van der Waals surface area contributed by atoms with Crippen LogP contribution in [0, 0.1) is 0 Å². The fraction of sp³-hybridized carbons (Fsp3) is 0.438. The normalized spacial score (nSPS) is 16.0. The molecule has 0 aliphatic carbocycles. The van der Waals surface area contributed by atoms with Crippen LogP contribution in [0.25, 0.3) is 0 Å². The standard InChI is InChI=1S/C16H20N4O2/c1-2-19-8-10-20(11-9-19)16(21)15-18-17-14(22-15)12-13-6-4-3-5-7-13/h3-7H,2,8-12H2,1H3. The molecule has 1 aromatic heterocycles. The lowest BCUT2D eigenvalue weighted by atomic mass is 10.2. The van der Waals surface area contributed by atoms with Crippen molar-refractivity contribution in [3.63, 3.8) is 0 Å². The molecule has 0 bridgehead atoms. The molecule has 0 radical (unpaired) electrons. The Hall–Kier alpha value is -2.21. The summed E-state index contributed by atoms with van der Waals surface area (Å²) in [6.07, 6.45) is 0.546. The van der Waals surface area contributed by atoms with Crippen molar-refractivity contribution in [2.75, 3.05) is 32.7 Å². The maximum atomic E-state index is 12.4. The van der Waals surface area contributed by atoms with Gasteiger partial charge in [0.05, 0.1) is 6.42 Å². The number of rotatable bonds is 4. The molecule has 1 saturated heterocycles. The molecule has 1 amide bonds. The molecule has 0 unspecified atom stereocenters. The lowest BCUT2D eigenvalue weighted by Crippen LogP contribution is -2.48. The van der Waals surface area contributed by atoms with Crippen LogP contribution in [-0.4, -0.2) is 58.6 Å². The smallest absolute Gasteiger partial charge is 0.311 e. The van der Waals surface area contributed by atoms with Gasteiger partial charge in [0.2, 0.25) is 5.89 Å². The second-order valence-corrected chi connectivity index (χ2v) is 5.39. The summed E-state index contributed by atoms with van der Waals surface area (Å²) in [5, 5.41) is 7.89. The molecule has 6 heteroatoms. The predicted molar refractivity (Wildman–Crippen MR) is 81.6 cm³/mol. The summed E-state index contributed by atoms with van der Waals surface area (Å²) in [4.78, 5) is 16.5. The van der Waals surface area contributed by atoms with Gasteiger partial charge in [0, 0.05) is 26.2 Å². The van der Waals surface area contributed by atoms with E-state index in [0.29, 0.717) is 25.4 Å². The summed E-state index contributed by atoms with van der Waals surface area (Å²) >= 11 is 0. The third-order valence-electron chi connectivity index (χ3n) is 3.95. The van der Waals surface area contributed by atoms with Crippen LogP contribution in [0.4, 0.5) is 0 Å². The molecule has 6 nitrogen and oxygen atoms in total. The largest absolute Gasteiger partial charge is 0.417 e. The van der Waals surface area contributed by atoms with E-state index in [1.807, 2.05) is 30.3 Å². The lowest BCUT2D eigenvalue weighted by molar-refractivity contribution is 0.0603. The van der Waals surface area contributed by atoms with Crippen LogP contribution in [0.1, 0.15) is 29.1 Å². The van der Waals surface area contributed by atoms with Gasteiger partial charge in [0.25, 0.3) is 0 Å². The number of benzene rings is 1. The van der Waals surface area contributed by atoms with Crippen LogP contribution in [0.5, 0.6) is 0 Å². The van der Waals surface area contributed by atoms with E-state index >= 15 is 0 Å². The maximum Gasteiger partial charge on any atom is 0.311 e. The number of hydrogen-bond acceptors (Lipinski definition) is 5. The highest BCUT2D eigenvalue weighted by Crippen LogP contribution is 2.11. The summed E-state index contributed by atoms with van der Waals surface area (Å²) in [7, 11) is 0. The quantitative estimate of drug-likeness (QED) is 0.855. The Morgan fingerprint density at radius 3 is 2.55 bits per heavy atom. The van der Waals surface area contributed by atoms with E-state index in [-0.39, 0.29) is 11.8 Å². The van der Waals surface area contributed by atoms with Crippen LogP contribution in [0.2, 0.25) is 0 Å². The lowest BCUT2D eigenvalue weighted by Gasteiger charge is -2.33. The first kappa shape index (κ1) is 14.7. The summed E-state index contributed by atoms with van der Waals surface area (Å²) in [5.41, 5.74) is 1.08. The predicted octanol–water partition coefficient (Wildman–Crippen LogP) is 1.44. The van der Waals surface area contributed by atoms with Crippen LogP contribution in [0.15, 0.2) is 34.7 Å². The molecule has 0 spiro atoms. The Balaban J connectivity index is 1.62. The molecular formula is C16H20N4O2. The zero-order valence-corrected chi connectivity index (χ0v) is 12.7. The first-order valence-corrected chi connectivity index (χ1v) is 7.64. The molecule has 2 heterocycles. The summed E-state index contributed by atoms with van der Waals surface area (Å²) < 4.78 is 5.53. The number of nitrogens with zero attached hydrogens (tertiary/aromatic N) is 4. The van der Waals surface area contributed by atoms with E-state index in [0.717, 1.165) is 25.2 Å². The maximum absolute atomic E-state index is 12.4. The van der Waals surface area contributed by atoms with E-state index < -0.39 is 0 Å². The molecular weight excluding hydrogens is 280 g/mol. The molecule has 0 N–H and O–H groups in total. The molecule has 0 atom stereocenters. The average Bonchev–Trinajstić information content (AvgIpc) is 3.04. The average molecular weight is 300 g/mol. The molecule has 22 heavy (non-hydrogen) atoms. The molecule has 1 aliphatic heterocycles. The van der Waals surface area contributed by atoms with Crippen LogP contribution in [0.3, 0.4) is 0 Å². The van der Waals surface area contributed by atoms with Gasteiger partial charge in [-0.25, -0.2) is 0 Å². The van der Waals surface area contributed by atoms with Crippen molar-refractivity contribution >= 4 is 5.91 Å². The monoisotopic (exact) mass is 300 g/mol. The summed E-state index contributed by atoms with van der Waals surface area (Å²) in [6.45, 7) is 6.36. The minimum absolute atomic E-state index is 0.0934. The zero-order valence-electron chi connectivity index (χ0n) is 12.7. The number of likely N-dealkylation sites (N-methyl/N-ethyl adjacent to an activating group) is 1. The van der Waals surface area contributed by atoms with Gasteiger partial charge in [-0.2, -0.15) is 0 Å². The number of piperazine rings is 1. The number of carbonyl (C=O) groups is 1. The highest BCUT2D eigenvalue weighted by Gasteiger charge is 2.25. The van der Waals surface area contributed by atoms with E-state index in [2.05, 4.69) is 22.0 Å². The fourth-order valence-corrected chi connectivity index (χ4v) is 2.58. The van der Waals surface area contributed by atoms with Crippen LogP contribution in [-0.2, 0) is 6.42 Å². The van der Waals surface area contributed by atoms with Crippen molar-refractivity contribution in [1.82, 2.24) is 20.0 Å². The van der Waals surface area contributed by atoms with Crippen molar-refractivity contribution < 1.29 is 9.21 Å². The van der Waals surface area contributed by atoms with Gasteiger partial charge in [-0.15, -0.1) is 10.2 Å². The molecule has 3 rings (SSSR count). The second-order valence-electron chi connectivity index (χ2n) is 5.39. The number of aromatic nitrogens is 2. The van der Waals surface area contributed by atoms with Crippen LogP contribution >= 0.6 is 0 Å². The van der Waals surface area contributed by atoms with Crippen molar-refractivity contribution in [3.8, 4) is 0 Å². The SMILES string of the molecule is CCN1CCN(C(=O)c2nnc(Cc3ccccc3)o2)CC1. The highest BCUT2D eigenvalue weighted by atomic mass is 16.4. The molecule has 1 aromatic carbocycles. The third-order valence-corrected chi connectivity index (χ3v) is 3.95. The molecule has 2 aromatic rings. The minimum Gasteiger partial charge on any atom is -0.417 e. The van der Waals surface area contributed by atoms with Gasteiger partial charge < -0.3 is 14.2 Å². The van der Waals surface area contributed by atoms with Crippen LogP contribution < -0.4 is 0 Å². The van der Waals surface area contributed by atoms with Gasteiger partial charge in [0.15, 0.2) is 0 Å². The van der Waals surface area contributed by atoms with E-state index in [1.54, 1.807) is 4.90 Å². The van der Waals surface area contributed by atoms with Gasteiger partial charge >= 0.3 is 11.8 Å². The van der Waals surface area contributed by atoms with E-state index in [9.17, 15) is 4.79 Å². The first-order valence-electron chi connectivity index (χ1n) is 7.64. The van der Waals surface area contributed by atoms with Crippen molar-refractivity contribution in [1.29, 1.82) is 0 Å². The van der Waals surface area contributed by atoms with Crippen molar-refractivity contribution in [2.24, 2.45) is 0 Å². The Bertz CT molecular complexity index is 618. The third kappa shape index (κ3) is 3.33. The Morgan fingerprint density at radius 1 is 1.14 bits per heavy atom.